The Hall–Kier alpha value is -2.56. The molecule has 2 aromatic heterocycles. The summed E-state index contributed by atoms with van der Waals surface area (Å²) < 4.78 is 10.5. The van der Waals surface area contributed by atoms with Gasteiger partial charge in [0.15, 0.2) is 5.78 Å². The first-order valence-corrected chi connectivity index (χ1v) is 7.17. The predicted octanol–water partition coefficient (Wildman–Crippen LogP) is 3.17. The lowest BCUT2D eigenvalue weighted by Gasteiger charge is -2.19. The van der Waals surface area contributed by atoms with Crippen LogP contribution in [-0.2, 0) is 11.2 Å². The summed E-state index contributed by atoms with van der Waals surface area (Å²) in [5.41, 5.74) is 2.40. The van der Waals surface area contributed by atoms with Gasteiger partial charge in [0.1, 0.15) is 18.1 Å². The summed E-state index contributed by atoms with van der Waals surface area (Å²) in [6.07, 6.45) is 4.14. The molecule has 2 heterocycles. The molecule has 0 bridgehead atoms. The van der Waals surface area contributed by atoms with Crippen LogP contribution in [0, 0.1) is 6.92 Å². The zero-order chi connectivity index (χ0) is 15.7. The Morgan fingerprint density at radius 3 is 3.05 bits per heavy atom. The van der Waals surface area contributed by atoms with Gasteiger partial charge < -0.3 is 14.1 Å². The Bertz CT molecular complexity index is 724. The number of furan rings is 1. The van der Waals surface area contributed by atoms with Crippen LogP contribution in [0.25, 0.3) is 0 Å². The number of carbonyl (C=O) groups excluding carboxylic acids is 2. The number of ether oxygens (including phenoxy) is 1. The summed E-state index contributed by atoms with van der Waals surface area (Å²) in [5.74, 6) is 0.362. The van der Waals surface area contributed by atoms with Crippen molar-refractivity contribution in [1.29, 1.82) is 0 Å². The molecule has 0 saturated heterocycles. The third kappa shape index (κ3) is 2.39. The van der Waals surface area contributed by atoms with Crippen LogP contribution in [-0.4, -0.2) is 23.3 Å². The van der Waals surface area contributed by atoms with Crippen molar-refractivity contribution < 1.29 is 18.7 Å². The number of carbonyl (C=O) groups is 2. The molecule has 2 aromatic rings. The number of hydrogen-bond donors (Lipinski definition) is 1. The maximum absolute atomic E-state index is 12.4. The molecule has 3 rings (SSSR count). The molecule has 1 aliphatic rings. The van der Waals surface area contributed by atoms with Crippen LogP contribution < -0.4 is 0 Å². The number of aromatic nitrogens is 1. The second kappa shape index (κ2) is 5.67. The van der Waals surface area contributed by atoms with Gasteiger partial charge in [-0.2, -0.15) is 0 Å². The fraction of sp³-hybridized carbons (Fsp3) is 0.294. The molecular formula is C17H17NO4. The Morgan fingerprint density at radius 2 is 2.36 bits per heavy atom. The summed E-state index contributed by atoms with van der Waals surface area (Å²) in [6, 6.07) is 3.69. The number of aromatic amines is 1. The van der Waals surface area contributed by atoms with Crippen LogP contribution in [0.3, 0.4) is 0 Å². The van der Waals surface area contributed by atoms with Crippen molar-refractivity contribution in [3.05, 3.63) is 59.3 Å². The molecule has 1 atom stereocenters. The third-order valence-corrected chi connectivity index (χ3v) is 3.97. The highest BCUT2D eigenvalue weighted by Gasteiger charge is 2.33. The highest BCUT2D eigenvalue weighted by molar-refractivity contribution is 6.03. The van der Waals surface area contributed by atoms with Crippen molar-refractivity contribution in [2.75, 3.05) is 6.61 Å². The lowest BCUT2D eigenvalue weighted by atomic mass is 9.84. The Labute approximate surface area is 128 Å². The summed E-state index contributed by atoms with van der Waals surface area (Å²) in [4.78, 5) is 27.5. The predicted molar refractivity (Wildman–Crippen MR) is 80.1 cm³/mol. The molecule has 22 heavy (non-hydrogen) atoms. The molecule has 0 amide bonds. The molecule has 1 aliphatic carbocycles. The molecule has 0 aliphatic heterocycles. The molecule has 114 valence electrons. The van der Waals surface area contributed by atoms with E-state index in [1.165, 1.54) is 6.08 Å². The van der Waals surface area contributed by atoms with Gasteiger partial charge in [-0.25, -0.2) is 4.79 Å². The van der Waals surface area contributed by atoms with E-state index in [1.54, 1.807) is 13.2 Å². The Kier molecular flexibility index (Phi) is 3.71. The molecule has 1 N–H and O–H groups in total. The molecular weight excluding hydrogens is 282 g/mol. The van der Waals surface area contributed by atoms with Crippen LogP contribution in [0.1, 0.15) is 50.2 Å². The maximum Gasteiger partial charge on any atom is 0.355 e. The number of esters is 1. The molecule has 0 radical (unpaired) electrons. The number of H-pyrrole nitrogens is 1. The van der Waals surface area contributed by atoms with Crippen LogP contribution >= 0.6 is 0 Å². The second-order valence-electron chi connectivity index (χ2n) is 5.41. The van der Waals surface area contributed by atoms with Crippen molar-refractivity contribution in [3.8, 4) is 0 Å². The summed E-state index contributed by atoms with van der Waals surface area (Å²) >= 11 is 0. The number of Topliss-reactive ketones (excluding diaryl/α,β-unsaturated/α-hetero) is 1. The first kappa shape index (κ1) is 14.4. The molecule has 0 aromatic carbocycles. The van der Waals surface area contributed by atoms with Crippen molar-refractivity contribution >= 4 is 11.8 Å². The van der Waals surface area contributed by atoms with E-state index in [0.717, 1.165) is 11.5 Å². The largest absolute Gasteiger partial charge is 0.469 e. The average molecular weight is 299 g/mol. The fourth-order valence-corrected chi connectivity index (χ4v) is 2.97. The zero-order valence-corrected chi connectivity index (χ0v) is 12.3. The van der Waals surface area contributed by atoms with Crippen molar-refractivity contribution in [1.82, 2.24) is 4.98 Å². The molecule has 0 unspecified atom stereocenters. The minimum Gasteiger partial charge on any atom is -0.469 e. The quantitative estimate of drug-likeness (QED) is 0.695. The van der Waals surface area contributed by atoms with Gasteiger partial charge in [0, 0.05) is 23.6 Å². The fourth-order valence-electron chi connectivity index (χ4n) is 2.97. The molecule has 5 nitrogen and oxygen atoms in total. The highest BCUT2D eigenvalue weighted by atomic mass is 16.5. The van der Waals surface area contributed by atoms with Gasteiger partial charge in [-0.15, -0.1) is 0 Å². The van der Waals surface area contributed by atoms with Gasteiger partial charge in [0.05, 0.1) is 6.26 Å². The van der Waals surface area contributed by atoms with Gasteiger partial charge in [-0.1, -0.05) is 12.7 Å². The SMILES string of the molecule is C=CCOC(=O)c1[nH]c2c(c1C)C(=O)C[C@@H](c1ccco1)C2. The minimum absolute atomic E-state index is 0.00472. The van der Waals surface area contributed by atoms with Gasteiger partial charge in [-0.05, 0) is 31.0 Å². The van der Waals surface area contributed by atoms with Crippen LogP contribution in [0.5, 0.6) is 0 Å². The van der Waals surface area contributed by atoms with E-state index in [-0.39, 0.29) is 18.3 Å². The normalized spacial score (nSPS) is 17.1. The minimum atomic E-state index is -0.464. The van der Waals surface area contributed by atoms with Crippen molar-refractivity contribution in [2.45, 2.75) is 25.7 Å². The lowest BCUT2D eigenvalue weighted by Crippen LogP contribution is -2.18. The summed E-state index contributed by atoms with van der Waals surface area (Å²) in [6.45, 7) is 5.42. The molecule has 0 spiro atoms. The maximum atomic E-state index is 12.4. The van der Waals surface area contributed by atoms with Gasteiger partial charge >= 0.3 is 5.97 Å². The van der Waals surface area contributed by atoms with E-state index in [9.17, 15) is 9.59 Å². The van der Waals surface area contributed by atoms with E-state index in [2.05, 4.69) is 11.6 Å². The topological polar surface area (TPSA) is 72.3 Å². The first-order chi connectivity index (χ1) is 10.6. The van der Waals surface area contributed by atoms with Crippen LogP contribution in [0.4, 0.5) is 0 Å². The van der Waals surface area contributed by atoms with Crippen LogP contribution in [0.2, 0.25) is 0 Å². The monoisotopic (exact) mass is 299 g/mol. The van der Waals surface area contributed by atoms with E-state index in [1.807, 2.05) is 12.1 Å². The van der Waals surface area contributed by atoms with Gasteiger partial charge in [0.25, 0.3) is 0 Å². The number of nitrogens with one attached hydrogen (secondary N) is 1. The van der Waals surface area contributed by atoms with E-state index in [0.29, 0.717) is 29.7 Å². The standard InChI is InChI=1S/C17H17NO4/c1-3-6-22-17(20)16-10(2)15-12(18-16)8-11(9-13(15)19)14-5-4-7-21-14/h3-5,7,11,18H,1,6,8-9H2,2H3/t11-/m0/s1. The number of fused-ring (bicyclic) bond motifs is 1. The van der Waals surface area contributed by atoms with Crippen LogP contribution in [0.15, 0.2) is 35.5 Å². The molecule has 0 fully saturated rings. The van der Waals surface area contributed by atoms with Gasteiger partial charge in [0.2, 0.25) is 0 Å². The third-order valence-electron chi connectivity index (χ3n) is 3.97. The van der Waals surface area contributed by atoms with Crippen molar-refractivity contribution in [3.63, 3.8) is 0 Å². The van der Waals surface area contributed by atoms with E-state index in [4.69, 9.17) is 9.15 Å². The van der Waals surface area contributed by atoms with E-state index < -0.39 is 5.97 Å². The Balaban J connectivity index is 1.92. The van der Waals surface area contributed by atoms with Gasteiger partial charge in [-0.3, -0.25) is 4.79 Å². The summed E-state index contributed by atoms with van der Waals surface area (Å²) in [7, 11) is 0. The summed E-state index contributed by atoms with van der Waals surface area (Å²) in [5, 5.41) is 0. The molecule has 5 heteroatoms. The van der Waals surface area contributed by atoms with E-state index >= 15 is 0 Å². The Morgan fingerprint density at radius 1 is 1.55 bits per heavy atom. The lowest BCUT2D eigenvalue weighted by molar-refractivity contribution is 0.0542. The second-order valence-corrected chi connectivity index (χ2v) is 5.41. The molecule has 0 saturated carbocycles. The first-order valence-electron chi connectivity index (χ1n) is 7.17. The highest BCUT2D eigenvalue weighted by Crippen LogP contribution is 2.35. The number of ketones is 1. The zero-order valence-electron chi connectivity index (χ0n) is 12.3. The number of hydrogen-bond acceptors (Lipinski definition) is 4. The average Bonchev–Trinajstić information content (AvgIpc) is 3.13. The van der Waals surface area contributed by atoms with Crippen molar-refractivity contribution in [2.24, 2.45) is 0 Å². The smallest absolute Gasteiger partial charge is 0.355 e. The number of rotatable bonds is 4.